The molecule has 47 heavy (non-hydrogen) atoms. The number of pyridine rings is 1. The average Bonchev–Trinajstić information content (AvgIpc) is 3.58. The highest BCUT2D eigenvalue weighted by Gasteiger charge is 2.39. The van der Waals surface area contributed by atoms with Gasteiger partial charge < -0.3 is 14.7 Å². The van der Waals surface area contributed by atoms with Crippen molar-refractivity contribution in [1.29, 1.82) is 0 Å². The maximum Gasteiger partial charge on any atom is 0.416 e. The first-order valence-electron chi connectivity index (χ1n) is 14.0. The molecule has 4 aromatic rings. The van der Waals surface area contributed by atoms with Gasteiger partial charge in [0, 0.05) is 29.9 Å². The second-order valence-corrected chi connectivity index (χ2v) is 13.2. The van der Waals surface area contributed by atoms with E-state index in [2.05, 4.69) is 20.2 Å². The van der Waals surface area contributed by atoms with Gasteiger partial charge in [-0.3, -0.25) is 23.5 Å². The van der Waals surface area contributed by atoms with Crippen LogP contribution in [0.4, 0.5) is 13.2 Å². The molecule has 0 saturated carbocycles. The van der Waals surface area contributed by atoms with E-state index in [1.807, 2.05) is 0 Å². The first-order valence-corrected chi connectivity index (χ1v) is 16.2. The average molecular weight is 701 g/mol. The van der Waals surface area contributed by atoms with Crippen molar-refractivity contribution in [1.82, 2.24) is 39.0 Å². The number of amides is 1. The van der Waals surface area contributed by atoms with Crippen molar-refractivity contribution in [2.45, 2.75) is 32.3 Å². The van der Waals surface area contributed by atoms with E-state index >= 15 is 0 Å². The SMILES string of the molecule is CCOC(=O)c1ccncc1-n1nc(Cn2nc(-c3ccc(Cl)cc3)n(C[C@H](O)C(F)(F)F)c2=O)nc1C(=O)N1CCS(O)(O)CC1. The molecule has 0 radical (unpaired) electrons. The number of aromatic nitrogens is 7. The molecule has 1 aliphatic heterocycles. The smallest absolute Gasteiger partial charge is 0.416 e. The molecule has 1 saturated heterocycles. The normalized spacial score (nSPS) is 16.1. The monoisotopic (exact) mass is 700 g/mol. The largest absolute Gasteiger partial charge is 0.462 e. The topological polar surface area (TPSA) is 191 Å². The van der Waals surface area contributed by atoms with Gasteiger partial charge in [-0.1, -0.05) is 11.6 Å². The van der Waals surface area contributed by atoms with Crippen LogP contribution in [0.5, 0.6) is 0 Å². The molecule has 3 N–H and O–H groups in total. The first kappa shape index (κ1) is 34.0. The summed E-state index contributed by atoms with van der Waals surface area (Å²) in [7, 11) is -2.86. The molecule has 1 atom stereocenters. The van der Waals surface area contributed by atoms with Crippen LogP contribution in [0.3, 0.4) is 0 Å². The van der Waals surface area contributed by atoms with Crippen LogP contribution in [-0.4, -0.2) is 109 Å². The zero-order valence-electron chi connectivity index (χ0n) is 24.5. The number of alkyl halides is 3. The molecule has 1 amide bonds. The maximum absolute atomic E-state index is 13.7. The zero-order chi connectivity index (χ0) is 34.1. The number of hydrogen-bond donors (Lipinski definition) is 3. The van der Waals surface area contributed by atoms with E-state index in [-0.39, 0.29) is 65.5 Å². The Hall–Kier alpha value is -4.30. The van der Waals surface area contributed by atoms with Crippen molar-refractivity contribution in [3.8, 4) is 17.1 Å². The number of rotatable bonds is 9. The number of esters is 1. The van der Waals surface area contributed by atoms with E-state index in [1.54, 1.807) is 6.92 Å². The minimum atomic E-state index is -5.03. The number of benzene rings is 1. The van der Waals surface area contributed by atoms with E-state index in [9.17, 15) is 41.8 Å². The number of hydrogen-bond acceptors (Lipinski definition) is 11. The summed E-state index contributed by atoms with van der Waals surface area (Å²) in [5.41, 5.74) is -0.841. The van der Waals surface area contributed by atoms with E-state index in [0.29, 0.717) is 9.59 Å². The summed E-state index contributed by atoms with van der Waals surface area (Å²) in [5.74, 6) is -2.30. The number of nitrogens with zero attached hydrogens (tertiary/aromatic N) is 8. The Morgan fingerprint density at radius 1 is 1.11 bits per heavy atom. The van der Waals surface area contributed by atoms with Crippen molar-refractivity contribution in [3.05, 3.63) is 75.4 Å². The van der Waals surface area contributed by atoms with Crippen LogP contribution in [-0.2, 0) is 17.8 Å². The Morgan fingerprint density at radius 3 is 2.43 bits per heavy atom. The highest BCUT2D eigenvalue weighted by Crippen LogP contribution is 2.40. The van der Waals surface area contributed by atoms with Crippen molar-refractivity contribution in [3.63, 3.8) is 0 Å². The summed E-state index contributed by atoms with van der Waals surface area (Å²) < 4.78 is 67.5. The van der Waals surface area contributed by atoms with Gasteiger partial charge in [0.25, 0.3) is 5.91 Å². The Morgan fingerprint density at radius 2 is 1.79 bits per heavy atom. The first-order chi connectivity index (χ1) is 22.2. The number of ether oxygens (including phenoxy) is 1. The van der Waals surface area contributed by atoms with E-state index in [1.165, 1.54) is 47.6 Å². The fraction of sp³-hybridized carbons (Fsp3) is 0.370. The highest BCUT2D eigenvalue weighted by atomic mass is 35.5. The number of halogens is 4. The summed E-state index contributed by atoms with van der Waals surface area (Å²) >= 11 is 5.95. The van der Waals surface area contributed by atoms with Crippen LogP contribution < -0.4 is 5.69 Å². The Kier molecular flexibility index (Phi) is 9.73. The lowest BCUT2D eigenvalue weighted by molar-refractivity contribution is -0.207. The van der Waals surface area contributed by atoms with E-state index in [0.717, 1.165) is 9.36 Å². The fourth-order valence-corrected chi connectivity index (χ4v) is 6.02. The molecule has 252 valence electrons. The van der Waals surface area contributed by atoms with Crippen LogP contribution >= 0.6 is 22.2 Å². The summed E-state index contributed by atoms with van der Waals surface area (Å²) in [6, 6.07) is 7.10. The van der Waals surface area contributed by atoms with Crippen LogP contribution in [0.15, 0.2) is 47.5 Å². The third-order valence-electron chi connectivity index (χ3n) is 7.08. The lowest BCUT2D eigenvalue weighted by Crippen LogP contribution is -2.43. The molecule has 15 nitrogen and oxygen atoms in total. The van der Waals surface area contributed by atoms with Gasteiger partial charge in [-0.15, -0.1) is 10.2 Å². The number of carbonyl (C=O) groups excluding carboxylic acids is 2. The third kappa shape index (κ3) is 7.49. The molecule has 1 aromatic carbocycles. The van der Waals surface area contributed by atoms with Gasteiger partial charge >= 0.3 is 17.8 Å². The number of carbonyl (C=O) groups is 2. The predicted molar refractivity (Wildman–Crippen MR) is 162 cm³/mol. The van der Waals surface area contributed by atoms with E-state index < -0.39 is 53.5 Å². The van der Waals surface area contributed by atoms with Gasteiger partial charge in [0.05, 0.1) is 36.4 Å². The van der Waals surface area contributed by atoms with Gasteiger partial charge in [0.15, 0.2) is 17.8 Å². The van der Waals surface area contributed by atoms with Crippen molar-refractivity contribution in [2.24, 2.45) is 0 Å². The van der Waals surface area contributed by atoms with Crippen LogP contribution in [0, 0.1) is 0 Å². The standard InChI is InChI=1S/C27H28ClF3N8O7S/c1-2-46-25(42)18-7-8-32-13-19(18)39-23(24(41)36-9-11-47(44,45)12-10-36)33-21(34-39)15-38-26(43)37(14-20(40)27(29,30)31)22(35-38)16-3-5-17(28)6-4-16/h3-8,13,20,40,44-45H,2,9-12,14-15H2,1H3/t20-/m0/s1. The Balaban J connectivity index is 1.59. The Bertz CT molecular complexity index is 1830. The van der Waals surface area contributed by atoms with Crippen molar-refractivity contribution >= 4 is 34.1 Å². The van der Waals surface area contributed by atoms with Gasteiger partial charge in [-0.2, -0.15) is 23.8 Å². The lowest BCUT2D eigenvalue weighted by Gasteiger charge is -2.40. The molecule has 1 aliphatic rings. The molecule has 0 aliphatic carbocycles. The van der Waals surface area contributed by atoms with Crippen LogP contribution in [0.2, 0.25) is 5.02 Å². The molecular weight excluding hydrogens is 673 g/mol. The summed E-state index contributed by atoms with van der Waals surface area (Å²) in [5, 5.41) is 18.6. The molecule has 0 bridgehead atoms. The summed E-state index contributed by atoms with van der Waals surface area (Å²) in [6.07, 6.45) is -5.35. The van der Waals surface area contributed by atoms with Crippen molar-refractivity contribution < 1.29 is 41.7 Å². The Labute approximate surface area is 270 Å². The van der Waals surface area contributed by atoms with Crippen LogP contribution in [0.1, 0.15) is 33.7 Å². The summed E-state index contributed by atoms with van der Waals surface area (Å²) in [6.45, 7) is -0.103. The lowest BCUT2D eigenvalue weighted by atomic mass is 10.2. The molecule has 0 unspecified atom stereocenters. The van der Waals surface area contributed by atoms with Gasteiger partial charge in [-0.25, -0.2) is 23.9 Å². The van der Waals surface area contributed by atoms with Crippen molar-refractivity contribution in [2.75, 3.05) is 31.2 Å². The third-order valence-corrected chi connectivity index (χ3v) is 9.00. The van der Waals surface area contributed by atoms with Crippen LogP contribution in [0.25, 0.3) is 17.1 Å². The number of aliphatic hydroxyl groups is 1. The molecule has 5 rings (SSSR count). The highest BCUT2D eigenvalue weighted by molar-refractivity contribution is 8.24. The molecule has 3 aromatic heterocycles. The second-order valence-electron chi connectivity index (χ2n) is 10.3. The minimum Gasteiger partial charge on any atom is -0.462 e. The number of aliphatic hydroxyl groups excluding tert-OH is 1. The minimum absolute atomic E-state index is 0.00220. The summed E-state index contributed by atoms with van der Waals surface area (Å²) in [4.78, 5) is 49.6. The van der Waals surface area contributed by atoms with Gasteiger partial charge in [-0.05, 0) is 37.3 Å². The molecular formula is C27H28ClF3N8O7S. The molecule has 0 spiro atoms. The molecule has 1 fully saturated rings. The second kappa shape index (κ2) is 13.4. The molecule has 20 heteroatoms. The fourth-order valence-electron chi connectivity index (χ4n) is 4.67. The predicted octanol–water partition coefficient (Wildman–Crippen LogP) is 2.70. The van der Waals surface area contributed by atoms with Gasteiger partial charge in [0.2, 0.25) is 5.82 Å². The molecule has 4 heterocycles. The maximum atomic E-state index is 13.7. The van der Waals surface area contributed by atoms with Gasteiger partial charge in [0.1, 0.15) is 12.2 Å². The zero-order valence-corrected chi connectivity index (χ0v) is 26.1. The quantitative estimate of drug-likeness (QED) is 0.218. The van der Waals surface area contributed by atoms with E-state index in [4.69, 9.17) is 16.3 Å².